The third-order valence-electron chi connectivity index (χ3n) is 3.47. The fourth-order valence-corrected chi connectivity index (χ4v) is 3.32. The van der Waals surface area contributed by atoms with E-state index in [9.17, 15) is 13.2 Å². The summed E-state index contributed by atoms with van der Waals surface area (Å²) in [6, 6.07) is 7.66. The van der Waals surface area contributed by atoms with Crippen LogP contribution < -0.4 is 4.72 Å². The van der Waals surface area contributed by atoms with Crippen LogP contribution in [-0.2, 0) is 14.8 Å². The van der Waals surface area contributed by atoms with E-state index in [0.29, 0.717) is 25.3 Å². The first kappa shape index (κ1) is 17.4. The van der Waals surface area contributed by atoms with Gasteiger partial charge in [-0.25, -0.2) is 13.1 Å². The van der Waals surface area contributed by atoms with Crippen molar-refractivity contribution in [1.29, 1.82) is 5.26 Å². The van der Waals surface area contributed by atoms with Crippen LogP contribution in [0.15, 0.2) is 29.2 Å². The number of nitrogens with one attached hydrogen (secondary N) is 1. The van der Waals surface area contributed by atoms with E-state index in [0.717, 1.165) is 0 Å². The molecule has 0 bridgehead atoms. The molecule has 8 heteroatoms. The van der Waals surface area contributed by atoms with Gasteiger partial charge < -0.3 is 9.64 Å². The molecular weight excluding hydrogens is 318 g/mol. The number of hydrogen-bond acceptors (Lipinski definition) is 5. The van der Waals surface area contributed by atoms with Gasteiger partial charge in [-0.05, 0) is 31.2 Å². The second kappa shape index (κ2) is 7.55. The lowest BCUT2D eigenvalue weighted by molar-refractivity contribution is -0.0124. The van der Waals surface area contributed by atoms with Crippen molar-refractivity contribution in [1.82, 2.24) is 9.62 Å². The molecule has 0 saturated carbocycles. The Morgan fingerprint density at radius 3 is 2.74 bits per heavy atom. The molecule has 1 atom stereocenters. The van der Waals surface area contributed by atoms with E-state index in [1.54, 1.807) is 4.90 Å². The lowest BCUT2D eigenvalue weighted by Crippen LogP contribution is -2.44. The Labute approximate surface area is 135 Å². The summed E-state index contributed by atoms with van der Waals surface area (Å²) in [6.45, 7) is 3.52. The zero-order valence-corrected chi connectivity index (χ0v) is 13.7. The van der Waals surface area contributed by atoms with E-state index < -0.39 is 10.0 Å². The highest BCUT2D eigenvalue weighted by molar-refractivity contribution is 7.89. The number of carbonyl (C=O) groups is 1. The number of carbonyl (C=O) groups excluding carboxylic acids is 1. The lowest BCUT2D eigenvalue weighted by Gasteiger charge is -2.31. The molecule has 1 fully saturated rings. The topological polar surface area (TPSA) is 99.5 Å². The van der Waals surface area contributed by atoms with Gasteiger partial charge in [-0.1, -0.05) is 0 Å². The summed E-state index contributed by atoms with van der Waals surface area (Å²) in [5.74, 6) is -0.137. The van der Waals surface area contributed by atoms with Crippen molar-refractivity contribution in [3.05, 3.63) is 29.8 Å². The molecule has 1 aromatic carbocycles. The normalized spacial score (nSPS) is 18.4. The summed E-state index contributed by atoms with van der Waals surface area (Å²) in [5.41, 5.74) is 0.440. The van der Waals surface area contributed by atoms with Crippen LogP contribution in [0.3, 0.4) is 0 Å². The molecular formula is C15H19N3O4S. The van der Waals surface area contributed by atoms with E-state index in [2.05, 4.69) is 4.72 Å². The van der Waals surface area contributed by atoms with E-state index >= 15 is 0 Å². The summed E-state index contributed by atoms with van der Waals surface area (Å²) in [4.78, 5) is 14.2. The molecule has 0 aromatic heterocycles. The van der Waals surface area contributed by atoms with Crippen LogP contribution in [0.25, 0.3) is 0 Å². The summed E-state index contributed by atoms with van der Waals surface area (Å²) in [5, 5.41) is 8.44. The number of morpholine rings is 1. The molecule has 1 aromatic rings. The maximum absolute atomic E-state index is 12.4. The minimum Gasteiger partial charge on any atom is -0.375 e. The van der Waals surface area contributed by atoms with Gasteiger partial charge >= 0.3 is 0 Å². The first-order valence-electron chi connectivity index (χ1n) is 7.31. The van der Waals surface area contributed by atoms with Crippen LogP contribution >= 0.6 is 0 Å². The SMILES string of the molecule is C[C@@H]1CN(C(=O)c2ccc(S(=O)(=O)NCCC#N)cc2)CCO1. The average Bonchev–Trinajstić information content (AvgIpc) is 2.54. The Morgan fingerprint density at radius 2 is 2.13 bits per heavy atom. The van der Waals surface area contributed by atoms with Crippen molar-refractivity contribution in [3.8, 4) is 6.07 Å². The second-order valence-corrected chi connectivity index (χ2v) is 7.03. The number of nitriles is 1. The molecule has 1 heterocycles. The standard InChI is InChI=1S/C15H19N3O4S/c1-12-11-18(9-10-22-12)15(19)13-3-5-14(6-4-13)23(20,21)17-8-2-7-16/h3-6,12,17H,2,8-11H2,1H3/t12-/m1/s1. The summed E-state index contributed by atoms with van der Waals surface area (Å²) < 4.78 is 31.7. The van der Waals surface area contributed by atoms with E-state index in [1.807, 2.05) is 13.0 Å². The minimum atomic E-state index is -3.65. The number of ether oxygens (including phenoxy) is 1. The molecule has 1 aliphatic heterocycles. The van der Waals surface area contributed by atoms with Crippen molar-refractivity contribution < 1.29 is 17.9 Å². The highest BCUT2D eigenvalue weighted by Crippen LogP contribution is 2.14. The molecule has 23 heavy (non-hydrogen) atoms. The van der Waals surface area contributed by atoms with Gasteiger partial charge in [0.1, 0.15) is 0 Å². The number of sulfonamides is 1. The van der Waals surface area contributed by atoms with Gasteiger partial charge in [0.25, 0.3) is 5.91 Å². The molecule has 0 radical (unpaired) electrons. The highest BCUT2D eigenvalue weighted by Gasteiger charge is 2.23. The van der Waals surface area contributed by atoms with Crippen molar-refractivity contribution in [2.45, 2.75) is 24.3 Å². The van der Waals surface area contributed by atoms with Crippen LogP contribution in [0, 0.1) is 11.3 Å². The van der Waals surface area contributed by atoms with Crippen LogP contribution in [0.4, 0.5) is 0 Å². The van der Waals surface area contributed by atoms with Crippen molar-refractivity contribution in [2.24, 2.45) is 0 Å². The first-order valence-corrected chi connectivity index (χ1v) is 8.80. The van der Waals surface area contributed by atoms with Gasteiger partial charge in [0.2, 0.25) is 10.0 Å². The summed E-state index contributed by atoms with van der Waals surface area (Å²) in [7, 11) is -3.65. The van der Waals surface area contributed by atoms with Gasteiger partial charge in [-0.2, -0.15) is 5.26 Å². The third kappa shape index (κ3) is 4.51. The maximum atomic E-state index is 12.4. The maximum Gasteiger partial charge on any atom is 0.254 e. The van der Waals surface area contributed by atoms with E-state index in [1.165, 1.54) is 24.3 Å². The Bertz CT molecular complexity index is 694. The van der Waals surface area contributed by atoms with Crippen molar-refractivity contribution in [3.63, 3.8) is 0 Å². The van der Waals surface area contributed by atoms with Crippen molar-refractivity contribution >= 4 is 15.9 Å². The molecule has 1 N–H and O–H groups in total. The molecule has 7 nitrogen and oxygen atoms in total. The number of nitrogens with zero attached hydrogens (tertiary/aromatic N) is 2. The average molecular weight is 337 g/mol. The van der Waals surface area contributed by atoms with Crippen LogP contribution in [-0.4, -0.2) is 51.6 Å². The fourth-order valence-electron chi connectivity index (χ4n) is 2.29. The number of benzene rings is 1. The van der Waals surface area contributed by atoms with Crippen LogP contribution in [0.5, 0.6) is 0 Å². The van der Waals surface area contributed by atoms with E-state index in [4.69, 9.17) is 10.00 Å². The van der Waals surface area contributed by atoms with Crippen LogP contribution in [0.1, 0.15) is 23.7 Å². The summed E-state index contributed by atoms with van der Waals surface area (Å²) in [6.07, 6.45) is 0.0991. The largest absolute Gasteiger partial charge is 0.375 e. The zero-order valence-electron chi connectivity index (χ0n) is 12.9. The zero-order chi connectivity index (χ0) is 16.9. The molecule has 1 aliphatic rings. The predicted molar refractivity (Wildman–Crippen MR) is 83.2 cm³/mol. The summed E-state index contributed by atoms with van der Waals surface area (Å²) >= 11 is 0. The Kier molecular flexibility index (Phi) is 5.71. The first-order chi connectivity index (χ1) is 10.9. The molecule has 124 valence electrons. The molecule has 1 saturated heterocycles. The Hall–Kier alpha value is -1.95. The van der Waals surface area contributed by atoms with Gasteiger partial charge in [-0.3, -0.25) is 4.79 Å². The number of amides is 1. The Balaban J connectivity index is 2.07. The molecule has 1 amide bonds. The molecule has 2 rings (SSSR count). The molecule has 0 spiro atoms. The quantitative estimate of drug-likeness (QED) is 0.799. The number of rotatable bonds is 5. The van der Waals surface area contributed by atoms with E-state index in [-0.39, 0.29) is 29.9 Å². The van der Waals surface area contributed by atoms with Gasteiger partial charge in [0.15, 0.2) is 0 Å². The predicted octanol–water partition coefficient (Wildman–Crippen LogP) is 0.739. The second-order valence-electron chi connectivity index (χ2n) is 5.26. The van der Waals surface area contributed by atoms with Gasteiger partial charge in [-0.15, -0.1) is 0 Å². The Morgan fingerprint density at radius 1 is 1.43 bits per heavy atom. The van der Waals surface area contributed by atoms with Crippen molar-refractivity contribution in [2.75, 3.05) is 26.2 Å². The van der Waals surface area contributed by atoms with Gasteiger partial charge in [0, 0.05) is 31.6 Å². The minimum absolute atomic E-state index is 0.00307. The fraction of sp³-hybridized carbons (Fsp3) is 0.467. The monoisotopic (exact) mass is 337 g/mol. The number of hydrogen-bond donors (Lipinski definition) is 1. The molecule has 0 unspecified atom stereocenters. The lowest BCUT2D eigenvalue weighted by atomic mass is 10.2. The highest BCUT2D eigenvalue weighted by atomic mass is 32.2. The van der Waals surface area contributed by atoms with Gasteiger partial charge in [0.05, 0.1) is 23.7 Å². The third-order valence-corrected chi connectivity index (χ3v) is 4.95. The molecule has 0 aliphatic carbocycles. The smallest absolute Gasteiger partial charge is 0.254 e. The van der Waals surface area contributed by atoms with Crippen LogP contribution in [0.2, 0.25) is 0 Å².